The first-order valence-corrected chi connectivity index (χ1v) is 7.35. The second-order valence-corrected chi connectivity index (χ2v) is 6.44. The van der Waals surface area contributed by atoms with Crippen LogP contribution in [-0.4, -0.2) is 43.1 Å². The molecule has 0 amide bonds. The molecule has 94 valence electrons. The van der Waals surface area contributed by atoms with Crippen LogP contribution >= 0.6 is 0 Å². The first-order valence-electron chi connectivity index (χ1n) is 5.74. The monoisotopic (exact) mass is 255 g/mol. The SMILES string of the molecule is CCS(=O)(=O)N1CC(CNc2ccccn2)C1. The molecule has 1 aromatic rings. The van der Waals surface area contributed by atoms with Crippen molar-refractivity contribution in [2.24, 2.45) is 5.92 Å². The van der Waals surface area contributed by atoms with Crippen molar-refractivity contribution in [2.45, 2.75) is 6.92 Å². The Morgan fingerprint density at radius 1 is 1.47 bits per heavy atom. The summed E-state index contributed by atoms with van der Waals surface area (Å²) in [6.07, 6.45) is 1.73. The Morgan fingerprint density at radius 2 is 2.24 bits per heavy atom. The van der Waals surface area contributed by atoms with Crippen LogP contribution in [0.25, 0.3) is 0 Å². The van der Waals surface area contributed by atoms with Gasteiger partial charge in [0.15, 0.2) is 0 Å². The minimum Gasteiger partial charge on any atom is -0.370 e. The van der Waals surface area contributed by atoms with E-state index < -0.39 is 10.0 Å². The number of anilines is 1. The fraction of sp³-hybridized carbons (Fsp3) is 0.545. The quantitative estimate of drug-likeness (QED) is 0.844. The molecular formula is C11H17N3O2S. The Labute approximate surface area is 102 Å². The Hall–Kier alpha value is -1.14. The maximum absolute atomic E-state index is 11.5. The largest absolute Gasteiger partial charge is 0.370 e. The number of nitrogens with zero attached hydrogens (tertiary/aromatic N) is 2. The van der Waals surface area contributed by atoms with E-state index in [-0.39, 0.29) is 5.75 Å². The summed E-state index contributed by atoms with van der Waals surface area (Å²) in [5.41, 5.74) is 0. The van der Waals surface area contributed by atoms with Crippen molar-refractivity contribution in [3.63, 3.8) is 0 Å². The number of hydrogen-bond donors (Lipinski definition) is 1. The molecule has 2 heterocycles. The van der Waals surface area contributed by atoms with E-state index in [1.807, 2.05) is 18.2 Å². The molecule has 0 spiro atoms. The first kappa shape index (κ1) is 12.3. The summed E-state index contributed by atoms with van der Waals surface area (Å²) >= 11 is 0. The average Bonchev–Trinajstić information content (AvgIpc) is 2.28. The highest BCUT2D eigenvalue weighted by Gasteiger charge is 2.34. The normalized spacial score (nSPS) is 17.7. The smallest absolute Gasteiger partial charge is 0.213 e. The van der Waals surface area contributed by atoms with Gasteiger partial charge in [-0.05, 0) is 19.1 Å². The summed E-state index contributed by atoms with van der Waals surface area (Å²) in [6, 6.07) is 5.69. The number of hydrogen-bond acceptors (Lipinski definition) is 4. The molecule has 0 saturated carbocycles. The van der Waals surface area contributed by atoms with Crippen molar-refractivity contribution in [3.8, 4) is 0 Å². The van der Waals surface area contributed by atoms with E-state index >= 15 is 0 Å². The third-order valence-electron chi connectivity index (χ3n) is 2.92. The number of aromatic nitrogens is 1. The van der Waals surface area contributed by atoms with Gasteiger partial charge in [0.1, 0.15) is 5.82 Å². The standard InChI is InChI=1S/C11H17N3O2S/c1-2-17(15,16)14-8-10(9-14)7-13-11-5-3-4-6-12-11/h3-6,10H,2,7-9H2,1H3,(H,12,13). The molecular weight excluding hydrogens is 238 g/mol. The lowest BCUT2D eigenvalue weighted by atomic mass is 10.0. The van der Waals surface area contributed by atoms with E-state index in [1.165, 1.54) is 4.31 Å². The Bertz CT molecular complexity index is 455. The summed E-state index contributed by atoms with van der Waals surface area (Å²) in [7, 11) is -2.99. The van der Waals surface area contributed by atoms with Crippen LogP contribution in [0.4, 0.5) is 5.82 Å². The molecule has 0 radical (unpaired) electrons. The van der Waals surface area contributed by atoms with Crippen molar-refractivity contribution in [2.75, 3.05) is 30.7 Å². The first-order chi connectivity index (χ1) is 8.12. The summed E-state index contributed by atoms with van der Waals surface area (Å²) in [6.45, 7) is 3.69. The molecule has 6 heteroatoms. The second-order valence-electron chi connectivity index (χ2n) is 4.18. The maximum atomic E-state index is 11.5. The molecule has 1 fully saturated rings. The lowest BCUT2D eigenvalue weighted by Gasteiger charge is -2.37. The van der Waals surface area contributed by atoms with Crippen LogP contribution in [-0.2, 0) is 10.0 Å². The highest BCUT2D eigenvalue weighted by Crippen LogP contribution is 2.20. The summed E-state index contributed by atoms with van der Waals surface area (Å²) in [5, 5.41) is 3.20. The third-order valence-corrected chi connectivity index (χ3v) is 4.73. The molecule has 2 rings (SSSR count). The van der Waals surface area contributed by atoms with Crippen LogP contribution in [0.15, 0.2) is 24.4 Å². The van der Waals surface area contributed by atoms with Gasteiger partial charge < -0.3 is 5.32 Å². The Morgan fingerprint density at radius 3 is 2.82 bits per heavy atom. The molecule has 1 aromatic heterocycles. The van der Waals surface area contributed by atoms with Gasteiger partial charge >= 0.3 is 0 Å². The Kier molecular flexibility index (Phi) is 3.63. The number of rotatable bonds is 5. The number of nitrogens with one attached hydrogen (secondary N) is 1. The van der Waals surface area contributed by atoms with Gasteiger partial charge in [-0.2, -0.15) is 0 Å². The summed E-state index contributed by atoms with van der Waals surface area (Å²) < 4.78 is 24.5. The molecule has 0 atom stereocenters. The van der Waals surface area contributed by atoms with Crippen molar-refractivity contribution in [1.82, 2.24) is 9.29 Å². The van der Waals surface area contributed by atoms with Gasteiger partial charge in [-0.25, -0.2) is 17.7 Å². The van der Waals surface area contributed by atoms with Crippen LogP contribution in [0.5, 0.6) is 0 Å². The fourth-order valence-corrected chi connectivity index (χ4v) is 3.02. The van der Waals surface area contributed by atoms with Crippen molar-refractivity contribution in [1.29, 1.82) is 0 Å². The van der Waals surface area contributed by atoms with Crippen molar-refractivity contribution < 1.29 is 8.42 Å². The number of pyridine rings is 1. The second kappa shape index (κ2) is 5.01. The molecule has 1 aliphatic rings. The van der Waals surface area contributed by atoms with E-state index in [4.69, 9.17) is 0 Å². The Balaban J connectivity index is 1.75. The van der Waals surface area contributed by atoms with Gasteiger partial charge in [0.25, 0.3) is 0 Å². The maximum Gasteiger partial charge on any atom is 0.213 e. The molecule has 1 saturated heterocycles. The highest BCUT2D eigenvalue weighted by molar-refractivity contribution is 7.89. The minimum atomic E-state index is -2.99. The zero-order valence-electron chi connectivity index (χ0n) is 9.83. The van der Waals surface area contributed by atoms with Gasteiger partial charge in [0.05, 0.1) is 5.75 Å². The molecule has 0 aromatic carbocycles. The average molecular weight is 255 g/mol. The lowest BCUT2D eigenvalue weighted by Crippen LogP contribution is -2.52. The van der Waals surface area contributed by atoms with E-state index in [1.54, 1.807) is 13.1 Å². The fourth-order valence-electron chi connectivity index (χ4n) is 1.78. The van der Waals surface area contributed by atoms with Gasteiger partial charge in [-0.1, -0.05) is 6.07 Å². The molecule has 1 N–H and O–H groups in total. The van der Waals surface area contributed by atoms with Crippen LogP contribution in [0.2, 0.25) is 0 Å². The number of sulfonamides is 1. The zero-order chi connectivity index (χ0) is 12.3. The van der Waals surface area contributed by atoms with Crippen LogP contribution < -0.4 is 5.32 Å². The molecule has 0 unspecified atom stereocenters. The summed E-state index contributed by atoms with van der Waals surface area (Å²) in [4.78, 5) is 4.15. The van der Waals surface area contributed by atoms with Crippen molar-refractivity contribution >= 4 is 15.8 Å². The lowest BCUT2D eigenvalue weighted by molar-refractivity contribution is 0.212. The molecule has 5 nitrogen and oxygen atoms in total. The zero-order valence-corrected chi connectivity index (χ0v) is 10.7. The van der Waals surface area contributed by atoms with E-state index in [9.17, 15) is 8.42 Å². The van der Waals surface area contributed by atoms with Crippen LogP contribution in [0, 0.1) is 5.92 Å². The van der Waals surface area contributed by atoms with E-state index in [0.29, 0.717) is 19.0 Å². The van der Waals surface area contributed by atoms with E-state index in [0.717, 1.165) is 12.4 Å². The van der Waals surface area contributed by atoms with Crippen LogP contribution in [0.1, 0.15) is 6.92 Å². The molecule has 0 aliphatic carbocycles. The predicted molar refractivity (Wildman–Crippen MR) is 67.3 cm³/mol. The minimum absolute atomic E-state index is 0.188. The molecule has 0 bridgehead atoms. The summed E-state index contributed by atoms with van der Waals surface area (Å²) in [5.74, 6) is 1.41. The van der Waals surface area contributed by atoms with E-state index in [2.05, 4.69) is 10.3 Å². The predicted octanol–water partition coefficient (Wildman–Crippen LogP) is 0.775. The van der Waals surface area contributed by atoms with Gasteiger partial charge in [0, 0.05) is 31.7 Å². The van der Waals surface area contributed by atoms with Crippen molar-refractivity contribution in [3.05, 3.63) is 24.4 Å². The third kappa shape index (κ3) is 2.95. The highest BCUT2D eigenvalue weighted by atomic mass is 32.2. The van der Waals surface area contributed by atoms with Gasteiger partial charge in [-0.15, -0.1) is 0 Å². The van der Waals surface area contributed by atoms with Gasteiger partial charge in [-0.3, -0.25) is 0 Å². The van der Waals surface area contributed by atoms with Gasteiger partial charge in [0.2, 0.25) is 10.0 Å². The van der Waals surface area contributed by atoms with Crippen LogP contribution in [0.3, 0.4) is 0 Å². The molecule has 1 aliphatic heterocycles. The molecule has 17 heavy (non-hydrogen) atoms. The topological polar surface area (TPSA) is 62.3 Å².